The first-order valence-electron chi connectivity index (χ1n) is 5.52. The zero-order valence-electron chi connectivity index (χ0n) is 9.69. The fourth-order valence-electron chi connectivity index (χ4n) is 1.90. The van der Waals surface area contributed by atoms with Gasteiger partial charge in [-0.3, -0.25) is 9.59 Å². The van der Waals surface area contributed by atoms with Gasteiger partial charge in [0.15, 0.2) is 0 Å². The van der Waals surface area contributed by atoms with Crippen LogP contribution in [0.1, 0.15) is 26.7 Å². The van der Waals surface area contributed by atoms with E-state index in [0.29, 0.717) is 12.5 Å². The van der Waals surface area contributed by atoms with Crippen molar-refractivity contribution in [3.8, 4) is 6.07 Å². The standard InChI is InChI=1S/C11H17N3O2/c1-8-3-4-9(2)14(7-8)11(16)10(15)13-6-5-12/h8-9H,3-4,6-7H2,1-2H3,(H,13,15). The van der Waals surface area contributed by atoms with E-state index in [4.69, 9.17) is 5.26 Å². The Hall–Kier alpha value is -1.57. The molecule has 16 heavy (non-hydrogen) atoms. The monoisotopic (exact) mass is 223 g/mol. The summed E-state index contributed by atoms with van der Waals surface area (Å²) in [6, 6.07) is 1.88. The Bertz CT molecular complexity index is 322. The summed E-state index contributed by atoms with van der Waals surface area (Å²) < 4.78 is 0. The van der Waals surface area contributed by atoms with Crippen LogP contribution in [0, 0.1) is 17.2 Å². The average molecular weight is 223 g/mol. The highest BCUT2D eigenvalue weighted by molar-refractivity contribution is 6.35. The molecule has 1 aliphatic rings. The molecular formula is C11H17N3O2. The average Bonchev–Trinajstić information content (AvgIpc) is 2.28. The van der Waals surface area contributed by atoms with Gasteiger partial charge in [-0.05, 0) is 25.7 Å². The Morgan fingerprint density at radius 1 is 1.44 bits per heavy atom. The minimum absolute atomic E-state index is 0.108. The lowest BCUT2D eigenvalue weighted by Crippen LogP contribution is -2.50. The van der Waals surface area contributed by atoms with Gasteiger partial charge in [-0.15, -0.1) is 0 Å². The van der Waals surface area contributed by atoms with E-state index in [0.717, 1.165) is 12.8 Å². The summed E-state index contributed by atoms with van der Waals surface area (Å²) in [6.45, 7) is 4.52. The van der Waals surface area contributed by atoms with Gasteiger partial charge < -0.3 is 10.2 Å². The van der Waals surface area contributed by atoms with Gasteiger partial charge in [0, 0.05) is 12.6 Å². The van der Waals surface area contributed by atoms with Gasteiger partial charge in [-0.2, -0.15) is 5.26 Å². The van der Waals surface area contributed by atoms with Crippen LogP contribution in [0.3, 0.4) is 0 Å². The number of hydrogen-bond acceptors (Lipinski definition) is 3. The molecule has 0 aromatic rings. The summed E-state index contributed by atoms with van der Waals surface area (Å²) in [7, 11) is 0. The molecule has 0 bridgehead atoms. The molecule has 1 saturated heterocycles. The first-order valence-corrected chi connectivity index (χ1v) is 5.52. The quantitative estimate of drug-likeness (QED) is 0.512. The summed E-state index contributed by atoms with van der Waals surface area (Å²) in [5.74, 6) is -0.763. The van der Waals surface area contributed by atoms with E-state index in [9.17, 15) is 9.59 Å². The van der Waals surface area contributed by atoms with Crippen molar-refractivity contribution in [2.45, 2.75) is 32.7 Å². The highest BCUT2D eigenvalue weighted by Gasteiger charge is 2.30. The maximum absolute atomic E-state index is 11.8. The Morgan fingerprint density at radius 2 is 2.12 bits per heavy atom. The van der Waals surface area contributed by atoms with Crippen LogP contribution >= 0.6 is 0 Å². The summed E-state index contributed by atoms with van der Waals surface area (Å²) in [5, 5.41) is 10.6. The van der Waals surface area contributed by atoms with Crippen molar-refractivity contribution in [1.29, 1.82) is 5.26 Å². The number of carbonyl (C=O) groups excluding carboxylic acids is 2. The molecule has 0 aliphatic carbocycles. The summed E-state index contributed by atoms with van der Waals surface area (Å²) >= 11 is 0. The number of piperidine rings is 1. The van der Waals surface area contributed by atoms with Crippen molar-refractivity contribution in [3.05, 3.63) is 0 Å². The molecule has 1 N–H and O–H groups in total. The summed E-state index contributed by atoms with van der Waals surface area (Å²) in [4.78, 5) is 24.8. The molecule has 2 unspecified atom stereocenters. The highest BCUT2D eigenvalue weighted by atomic mass is 16.2. The number of nitrogens with zero attached hydrogens (tertiary/aromatic N) is 2. The van der Waals surface area contributed by atoms with Crippen LogP contribution < -0.4 is 5.32 Å². The fourth-order valence-corrected chi connectivity index (χ4v) is 1.90. The lowest BCUT2D eigenvalue weighted by Gasteiger charge is -2.36. The number of carbonyl (C=O) groups is 2. The fraction of sp³-hybridized carbons (Fsp3) is 0.727. The molecular weight excluding hydrogens is 206 g/mol. The predicted molar refractivity (Wildman–Crippen MR) is 58.2 cm³/mol. The van der Waals surface area contributed by atoms with Crippen LogP contribution in [-0.4, -0.2) is 35.8 Å². The van der Waals surface area contributed by atoms with Crippen molar-refractivity contribution < 1.29 is 9.59 Å². The molecule has 0 spiro atoms. The van der Waals surface area contributed by atoms with Gasteiger partial charge in [0.1, 0.15) is 6.54 Å². The second-order valence-electron chi connectivity index (χ2n) is 4.33. The van der Waals surface area contributed by atoms with Crippen LogP contribution in [0.2, 0.25) is 0 Å². The number of hydrogen-bond donors (Lipinski definition) is 1. The molecule has 2 amide bonds. The zero-order valence-corrected chi connectivity index (χ0v) is 9.69. The van der Waals surface area contributed by atoms with Gasteiger partial charge >= 0.3 is 11.8 Å². The second kappa shape index (κ2) is 5.50. The lowest BCUT2D eigenvalue weighted by atomic mass is 9.95. The van der Waals surface area contributed by atoms with Crippen molar-refractivity contribution >= 4 is 11.8 Å². The zero-order chi connectivity index (χ0) is 12.1. The first-order chi connectivity index (χ1) is 7.56. The molecule has 1 rings (SSSR count). The third kappa shape index (κ3) is 2.96. The van der Waals surface area contributed by atoms with Crippen LogP contribution in [0.4, 0.5) is 0 Å². The van der Waals surface area contributed by atoms with Gasteiger partial charge in [0.2, 0.25) is 0 Å². The normalized spacial score (nSPS) is 24.7. The number of likely N-dealkylation sites (tertiary alicyclic amines) is 1. The molecule has 0 aromatic carbocycles. The minimum atomic E-state index is -0.678. The van der Waals surface area contributed by atoms with Crippen LogP contribution in [0.5, 0.6) is 0 Å². The first kappa shape index (κ1) is 12.5. The maximum atomic E-state index is 11.8. The van der Waals surface area contributed by atoms with E-state index >= 15 is 0 Å². The largest absolute Gasteiger partial charge is 0.335 e. The Balaban J connectivity index is 2.58. The van der Waals surface area contributed by atoms with Gasteiger partial charge in [0.25, 0.3) is 0 Å². The topological polar surface area (TPSA) is 73.2 Å². The molecule has 1 heterocycles. The third-order valence-corrected chi connectivity index (χ3v) is 2.90. The predicted octanol–water partition coefficient (Wildman–Crippen LogP) is 0.273. The van der Waals surface area contributed by atoms with E-state index in [2.05, 4.69) is 12.2 Å². The molecule has 1 fully saturated rings. The number of nitriles is 1. The SMILES string of the molecule is CC1CCC(C)N(C(=O)C(=O)NCC#N)C1. The molecule has 5 heteroatoms. The second-order valence-corrected chi connectivity index (χ2v) is 4.33. The Kier molecular flexibility index (Phi) is 4.29. The van der Waals surface area contributed by atoms with Crippen LogP contribution in [-0.2, 0) is 9.59 Å². The summed E-state index contributed by atoms with van der Waals surface area (Å²) in [6.07, 6.45) is 2.02. The van der Waals surface area contributed by atoms with E-state index < -0.39 is 11.8 Å². The number of rotatable bonds is 1. The lowest BCUT2D eigenvalue weighted by molar-refractivity contribution is -0.148. The molecule has 88 valence electrons. The molecule has 0 radical (unpaired) electrons. The Labute approximate surface area is 95.4 Å². The minimum Gasteiger partial charge on any atom is -0.335 e. The Morgan fingerprint density at radius 3 is 2.75 bits per heavy atom. The van der Waals surface area contributed by atoms with E-state index in [1.165, 1.54) is 0 Å². The van der Waals surface area contributed by atoms with Gasteiger partial charge in [-0.25, -0.2) is 0 Å². The summed E-state index contributed by atoms with van der Waals surface area (Å²) in [5.41, 5.74) is 0. The van der Waals surface area contributed by atoms with Crippen molar-refractivity contribution in [1.82, 2.24) is 10.2 Å². The molecule has 0 saturated carbocycles. The van der Waals surface area contributed by atoms with E-state index in [1.54, 1.807) is 11.0 Å². The van der Waals surface area contributed by atoms with Crippen molar-refractivity contribution in [3.63, 3.8) is 0 Å². The number of amides is 2. The molecule has 1 aliphatic heterocycles. The van der Waals surface area contributed by atoms with Crippen molar-refractivity contribution in [2.75, 3.05) is 13.1 Å². The smallest absolute Gasteiger partial charge is 0.312 e. The van der Waals surface area contributed by atoms with Crippen molar-refractivity contribution in [2.24, 2.45) is 5.92 Å². The van der Waals surface area contributed by atoms with Crippen LogP contribution in [0.15, 0.2) is 0 Å². The highest BCUT2D eigenvalue weighted by Crippen LogP contribution is 2.21. The molecule has 5 nitrogen and oxygen atoms in total. The number of nitrogens with one attached hydrogen (secondary N) is 1. The van der Waals surface area contributed by atoms with Gasteiger partial charge in [0.05, 0.1) is 6.07 Å². The third-order valence-electron chi connectivity index (χ3n) is 2.90. The van der Waals surface area contributed by atoms with E-state index in [1.807, 2.05) is 6.92 Å². The van der Waals surface area contributed by atoms with Crippen LogP contribution in [0.25, 0.3) is 0 Å². The van der Waals surface area contributed by atoms with E-state index in [-0.39, 0.29) is 12.6 Å². The maximum Gasteiger partial charge on any atom is 0.312 e. The molecule has 0 aromatic heterocycles. The molecule has 2 atom stereocenters. The van der Waals surface area contributed by atoms with Gasteiger partial charge in [-0.1, -0.05) is 6.92 Å².